The molecular formula is C19H20Si. The second-order valence-electron chi connectivity index (χ2n) is 6.43. The van der Waals surface area contributed by atoms with E-state index in [9.17, 15) is 0 Å². The summed E-state index contributed by atoms with van der Waals surface area (Å²) in [5.74, 6) is 0. The first kappa shape index (κ1) is 13.1. The Hall–Kier alpha value is -1.86. The van der Waals surface area contributed by atoms with Gasteiger partial charge in [-0.15, -0.1) is 0 Å². The van der Waals surface area contributed by atoms with E-state index in [-0.39, 0.29) is 0 Å². The quantitative estimate of drug-likeness (QED) is 0.697. The number of rotatable bonds is 1. The third-order valence-corrected chi connectivity index (χ3v) is 5.79. The molecule has 100 valence electrons. The zero-order chi connectivity index (χ0) is 14.2. The lowest BCUT2D eigenvalue weighted by Crippen LogP contribution is -2.29. The molecule has 0 N–H and O–H groups in total. The van der Waals surface area contributed by atoms with Gasteiger partial charge in [0.15, 0.2) is 0 Å². The van der Waals surface area contributed by atoms with Crippen LogP contribution in [0.5, 0.6) is 0 Å². The van der Waals surface area contributed by atoms with Gasteiger partial charge in [-0.25, -0.2) is 0 Å². The predicted octanol–water partition coefficient (Wildman–Crippen LogP) is 1.77. The molecule has 0 aliphatic heterocycles. The zero-order valence-electron chi connectivity index (χ0n) is 12.4. The highest BCUT2D eigenvalue weighted by Crippen LogP contribution is 2.15. The fourth-order valence-corrected chi connectivity index (χ4v) is 4.20. The van der Waals surface area contributed by atoms with Crippen LogP contribution in [0.25, 0.3) is 23.4 Å². The molecule has 0 atom stereocenters. The van der Waals surface area contributed by atoms with E-state index < -0.39 is 8.07 Å². The molecule has 0 unspecified atom stereocenters. The molecule has 4 aliphatic rings. The van der Waals surface area contributed by atoms with E-state index in [0.29, 0.717) is 0 Å². The summed E-state index contributed by atoms with van der Waals surface area (Å²) in [5.41, 5.74) is 0. The highest BCUT2D eigenvalue weighted by Gasteiger charge is 2.17. The second-order valence-corrected chi connectivity index (χ2v) is 11.5. The Labute approximate surface area is 121 Å². The first-order valence-corrected chi connectivity index (χ1v) is 10.6. The van der Waals surface area contributed by atoms with Gasteiger partial charge in [0.2, 0.25) is 0 Å². The average molecular weight is 276 g/mol. The summed E-state index contributed by atoms with van der Waals surface area (Å²) in [5, 5.41) is 6.69. The lowest BCUT2D eigenvalue weighted by molar-refractivity contribution is 1.52. The molecule has 0 heterocycles. The summed E-state index contributed by atoms with van der Waals surface area (Å²) in [6, 6.07) is 17.8. The van der Waals surface area contributed by atoms with E-state index in [0.717, 1.165) is 0 Å². The van der Waals surface area contributed by atoms with Crippen LogP contribution in [-0.4, -0.2) is 8.07 Å². The Bertz CT molecular complexity index is 834. The van der Waals surface area contributed by atoms with Crippen molar-refractivity contribution < 1.29 is 0 Å². The Morgan fingerprint density at radius 1 is 0.600 bits per heavy atom. The molecule has 6 rings (SSSR count). The molecule has 2 aromatic carbocycles. The fraction of sp³-hybridized carbons (Fsp3) is 0.158. The van der Waals surface area contributed by atoms with E-state index in [1.54, 1.807) is 0 Å². The van der Waals surface area contributed by atoms with Crippen molar-refractivity contribution in [2.75, 3.05) is 0 Å². The van der Waals surface area contributed by atoms with E-state index in [2.05, 4.69) is 86.4 Å². The lowest BCUT2D eigenvalue weighted by atomic mass is 10.1. The zero-order valence-corrected chi connectivity index (χ0v) is 13.4. The Balaban J connectivity index is 2.47. The molecule has 0 saturated carbocycles. The van der Waals surface area contributed by atoms with Crippen LogP contribution >= 0.6 is 0 Å². The van der Waals surface area contributed by atoms with Gasteiger partial charge in [-0.3, -0.25) is 0 Å². The second kappa shape index (κ2) is 4.91. The van der Waals surface area contributed by atoms with Crippen LogP contribution in [0.2, 0.25) is 19.6 Å². The maximum absolute atomic E-state index is 2.41. The smallest absolute Gasteiger partial charge is 0.0656 e. The van der Waals surface area contributed by atoms with Crippen molar-refractivity contribution in [2.24, 2.45) is 0 Å². The molecule has 0 saturated heterocycles. The minimum Gasteiger partial charge on any atom is -0.0656 e. The van der Waals surface area contributed by atoms with Crippen molar-refractivity contribution in [2.45, 2.75) is 19.6 Å². The average Bonchev–Trinajstić information content (AvgIpc) is 2.41. The summed E-state index contributed by atoms with van der Waals surface area (Å²) in [6.45, 7) is 7.23. The van der Waals surface area contributed by atoms with Crippen LogP contribution < -0.4 is 20.9 Å². The first-order valence-electron chi connectivity index (χ1n) is 7.13. The van der Waals surface area contributed by atoms with Gasteiger partial charge in [-0.05, 0) is 20.9 Å². The summed E-state index contributed by atoms with van der Waals surface area (Å²) < 4.78 is 0. The van der Waals surface area contributed by atoms with Crippen molar-refractivity contribution in [1.82, 2.24) is 0 Å². The van der Waals surface area contributed by atoms with Crippen molar-refractivity contribution in [3.8, 4) is 0 Å². The first-order chi connectivity index (χ1) is 9.52. The highest BCUT2D eigenvalue weighted by atomic mass is 28.3. The van der Waals surface area contributed by atoms with E-state index in [1.807, 2.05) is 0 Å². The highest BCUT2D eigenvalue weighted by molar-refractivity contribution is 6.94. The van der Waals surface area contributed by atoms with E-state index in [4.69, 9.17) is 0 Å². The summed E-state index contributed by atoms with van der Waals surface area (Å²) in [4.78, 5) is 0. The third kappa shape index (κ3) is 2.68. The van der Waals surface area contributed by atoms with Gasteiger partial charge in [0, 0.05) is 0 Å². The predicted molar refractivity (Wildman–Crippen MR) is 91.5 cm³/mol. The van der Waals surface area contributed by atoms with Gasteiger partial charge in [0.1, 0.15) is 0 Å². The van der Waals surface area contributed by atoms with Gasteiger partial charge in [-0.1, -0.05) is 91.6 Å². The van der Waals surface area contributed by atoms with Crippen LogP contribution in [-0.2, 0) is 0 Å². The minimum absolute atomic E-state index is 1.25. The molecule has 0 aromatic heterocycles. The van der Waals surface area contributed by atoms with Crippen LogP contribution in [0.3, 0.4) is 0 Å². The maximum Gasteiger partial charge on any atom is 0.0784 e. The Kier molecular flexibility index (Phi) is 3.23. The van der Waals surface area contributed by atoms with Crippen LogP contribution in [0, 0.1) is 0 Å². The molecule has 4 bridgehead atoms. The van der Waals surface area contributed by atoms with Gasteiger partial charge in [-0.2, -0.15) is 0 Å². The van der Waals surface area contributed by atoms with Crippen molar-refractivity contribution in [1.29, 1.82) is 0 Å². The normalized spacial score (nSPS) is 13.8. The maximum atomic E-state index is 2.41. The fourth-order valence-electron chi connectivity index (χ4n) is 2.57. The SMILES string of the molecule is C[Si](C)(C)C1=c2ccc(cc2)=CC=c2ccc(cc2)=C1. The van der Waals surface area contributed by atoms with Crippen LogP contribution in [0.1, 0.15) is 0 Å². The monoisotopic (exact) mass is 276 g/mol. The molecule has 2 aromatic rings. The Morgan fingerprint density at radius 3 is 1.55 bits per heavy atom. The molecule has 0 nitrogen and oxygen atoms in total. The largest absolute Gasteiger partial charge is 0.0784 e. The molecule has 1 heteroatoms. The summed E-state index contributed by atoms with van der Waals surface area (Å²) >= 11 is 0. The number of benzene rings is 2. The molecular weight excluding hydrogens is 256 g/mol. The molecule has 0 spiro atoms. The third-order valence-electron chi connectivity index (χ3n) is 3.75. The van der Waals surface area contributed by atoms with E-state index in [1.165, 1.54) is 26.1 Å². The molecule has 0 amide bonds. The van der Waals surface area contributed by atoms with E-state index >= 15 is 0 Å². The van der Waals surface area contributed by atoms with Gasteiger partial charge >= 0.3 is 0 Å². The van der Waals surface area contributed by atoms with Crippen molar-refractivity contribution >= 4 is 31.5 Å². The molecule has 0 fully saturated rings. The summed E-state index contributed by atoms with van der Waals surface area (Å²) in [7, 11) is -1.38. The van der Waals surface area contributed by atoms with Gasteiger partial charge in [0.25, 0.3) is 0 Å². The molecule has 4 aliphatic carbocycles. The van der Waals surface area contributed by atoms with Crippen LogP contribution in [0.15, 0.2) is 48.5 Å². The minimum atomic E-state index is -1.38. The lowest BCUT2D eigenvalue weighted by Gasteiger charge is -2.18. The number of hydrogen-bond acceptors (Lipinski definition) is 0. The van der Waals surface area contributed by atoms with Crippen molar-refractivity contribution in [3.05, 3.63) is 69.4 Å². The molecule has 0 radical (unpaired) electrons. The van der Waals surface area contributed by atoms with Gasteiger partial charge in [0.05, 0.1) is 8.07 Å². The molecule has 20 heavy (non-hydrogen) atoms. The summed E-state index contributed by atoms with van der Waals surface area (Å²) in [6.07, 6.45) is 6.72. The van der Waals surface area contributed by atoms with Crippen molar-refractivity contribution in [3.63, 3.8) is 0 Å². The number of hydrogen-bond donors (Lipinski definition) is 0. The topological polar surface area (TPSA) is 0 Å². The standard InChI is InChI=1S/C19H20Si/c1-20(2,3)19-14-17-8-6-15(7-9-17)4-5-16-10-12-18(19)13-11-16/h4-14H,1-3H3. The van der Waals surface area contributed by atoms with Gasteiger partial charge < -0.3 is 0 Å². The van der Waals surface area contributed by atoms with Crippen LogP contribution in [0.4, 0.5) is 0 Å². The Morgan fingerprint density at radius 2 is 1.05 bits per heavy atom.